The Labute approximate surface area is 293 Å². The summed E-state index contributed by atoms with van der Waals surface area (Å²) in [5, 5.41) is 23.2. The van der Waals surface area contributed by atoms with Crippen molar-refractivity contribution in [3.05, 3.63) is 94.7 Å². The first kappa shape index (κ1) is 32.9. The summed E-state index contributed by atoms with van der Waals surface area (Å²) in [4.78, 5) is 15.9. The van der Waals surface area contributed by atoms with Crippen molar-refractivity contribution in [3.63, 3.8) is 0 Å². The van der Waals surface area contributed by atoms with E-state index in [-0.39, 0.29) is 5.69 Å². The van der Waals surface area contributed by atoms with Gasteiger partial charge >= 0.3 is 5.97 Å². The highest BCUT2D eigenvalue weighted by Crippen LogP contribution is 2.35. The van der Waals surface area contributed by atoms with Crippen LogP contribution in [0.1, 0.15) is 17.4 Å². The van der Waals surface area contributed by atoms with Crippen LogP contribution >= 0.6 is 23.2 Å². The Kier molecular flexibility index (Phi) is 9.72. The molecule has 0 unspecified atom stereocenters. The molecule has 2 aromatic heterocycles. The van der Waals surface area contributed by atoms with Crippen molar-refractivity contribution in [2.45, 2.75) is 13.5 Å². The largest absolute Gasteiger partial charge is 0.476 e. The highest BCUT2D eigenvalue weighted by molar-refractivity contribution is 6.34. The van der Waals surface area contributed by atoms with E-state index in [2.05, 4.69) is 74.5 Å². The Bertz CT molecular complexity index is 2080. The lowest BCUT2D eigenvalue weighted by Gasteiger charge is -2.29. The molecule has 12 heteroatoms. The number of morpholine rings is 2. The molecule has 0 bridgehead atoms. The Morgan fingerprint density at radius 2 is 1.33 bits per heavy atom. The predicted molar refractivity (Wildman–Crippen MR) is 195 cm³/mol. The minimum absolute atomic E-state index is 0.00199. The molecule has 0 spiro atoms. The average molecular weight is 700 g/mol. The predicted octanol–water partition coefficient (Wildman–Crippen LogP) is 7.63. The molecular weight excluding hydrogens is 663 g/mol. The molecule has 2 N–H and O–H groups in total. The molecule has 0 atom stereocenters. The van der Waals surface area contributed by atoms with Crippen LogP contribution in [0.25, 0.3) is 44.1 Å². The number of aromatic carboxylic acids is 1. The molecule has 2 aliphatic rings. The molecule has 6 aromatic rings. The van der Waals surface area contributed by atoms with Crippen LogP contribution in [0.4, 0.5) is 11.4 Å². The number of hydrogen-bond acceptors (Lipinski definition) is 7. The number of carboxylic acid groups (broad SMARTS) is 1. The van der Waals surface area contributed by atoms with E-state index in [4.69, 9.17) is 32.7 Å². The van der Waals surface area contributed by atoms with Crippen LogP contribution in [0.2, 0.25) is 10.0 Å². The quantitative estimate of drug-likeness (QED) is 0.183. The average Bonchev–Trinajstić information content (AvgIpc) is 3.75. The number of carbonyl (C=O) groups is 1. The van der Waals surface area contributed by atoms with E-state index in [9.17, 15) is 9.90 Å². The van der Waals surface area contributed by atoms with Crippen molar-refractivity contribution in [1.82, 2.24) is 20.0 Å². The van der Waals surface area contributed by atoms with Crippen LogP contribution in [0.3, 0.4) is 0 Å². The van der Waals surface area contributed by atoms with E-state index in [1.54, 1.807) is 12.1 Å². The van der Waals surface area contributed by atoms with Gasteiger partial charge < -0.3 is 24.4 Å². The number of fused-ring (bicyclic) bond motifs is 2. The van der Waals surface area contributed by atoms with Gasteiger partial charge in [-0.3, -0.25) is 9.78 Å². The molecule has 0 amide bonds. The van der Waals surface area contributed by atoms with E-state index in [0.717, 1.165) is 103 Å². The second-order valence-corrected chi connectivity index (χ2v) is 12.7. The number of halogens is 2. The highest BCUT2D eigenvalue weighted by atomic mass is 35.5. The molecule has 49 heavy (non-hydrogen) atoms. The molecule has 4 aromatic carbocycles. The number of carboxylic acids is 1. The molecule has 252 valence electrons. The maximum atomic E-state index is 11.3. The van der Waals surface area contributed by atoms with Gasteiger partial charge in [0.2, 0.25) is 0 Å². The van der Waals surface area contributed by atoms with Crippen LogP contribution in [0, 0.1) is 0 Å². The zero-order chi connectivity index (χ0) is 33.9. The summed E-state index contributed by atoms with van der Waals surface area (Å²) in [7, 11) is 0. The van der Waals surface area contributed by atoms with Crippen molar-refractivity contribution in [2.75, 3.05) is 62.4 Å². The maximum Gasteiger partial charge on any atom is 0.357 e. The molecule has 2 aliphatic heterocycles. The standard InChI is InChI=1S/C19H20ClN3O.C18H16ClN3O3/c1-2-23-19-12-18(20)17(11-15(19)13-21-23)14-3-5-16(6-4-14)22-7-9-24-10-8-22;19-15-10-16-14(17(18(23)24)21-20-16)9-13(15)11-1-3-12(4-2-11)22-5-7-25-8-6-22/h3-6,11-13H,2,7-10H2,1H3;1-4,9-10H,5-8H2,(H,20,21)(H,23,24). The first-order valence-corrected chi connectivity index (χ1v) is 17.1. The van der Waals surface area contributed by atoms with E-state index < -0.39 is 5.97 Å². The summed E-state index contributed by atoms with van der Waals surface area (Å²) < 4.78 is 12.8. The van der Waals surface area contributed by atoms with Gasteiger partial charge in [0.25, 0.3) is 0 Å². The van der Waals surface area contributed by atoms with Gasteiger partial charge in [-0.05, 0) is 66.6 Å². The summed E-state index contributed by atoms with van der Waals surface area (Å²) in [6, 6.07) is 24.3. The third kappa shape index (κ3) is 6.95. The van der Waals surface area contributed by atoms with Crippen molar-refractivity contribution in [3.8, 4) is 22.3 Å². The van der Waals surface area contributed by atoms with E-state index in [1.165, 1.54) is 5.69 Å². The Morgan fingerprint density at radius 3 is 1.86 bits per heavy atom. The first-order chi connectivity index (χ1) is 23.9. The minimum Gasteiger partial charge on any atom is -0.476 e. The third-order valence-electron chi connectivity index (χ3n) is 8.99. The number of ether oxygens (including phenoxy) is 2. The fraction of sp³-hybridized carbons (Fsp3) is 0.270. The van der Waals surface area contributed by atoms with Gasteiger partial charge in [0.15, 0.2) is 5.69 Å². The second kappa shape index (κ2) is 14.5. The third-order valence-corrected chi connectivity index (χ3v) is 9.62. The Morgan fingerprint density at radius 1 is 0.796 bits per heavy atom. The molecule has 4 heterocycles. The zero-order valence-electron chi connectivity index (χ0n) is 27.0. The van der Waals surface area contributed by atoms with Crippen molar-refractivity contribution in [2.24, 2.45) is 0 Å². The van der Waals surface area contributed by atoms with E-state index in [1.807, 2.05) is 29.1 Å². The summed E-state index contributed by atoms with van der Waals surface area (Å²) in [6.07, 6.45) is 1.90. The van der Waals surface area contributed by atoms with Crippen LogP contribution in [0.15, 0.2) is 79.0 Å². The van der Waals surface area contributed by atoms with Crippen LogP contribution < -0.4 is 9.80 Å². The van der Waals surface area contributed by atoms with Crippen molar-refractivity contribution >= 4 is 62.4 Å². The topological polar surface area (TPSA) is 109 Å². The van der Waals surface area contributed by atoms with Crippen molar-refractivity contribution in [1.29, 1.82) is 0 Å². The molecule has 0 radical (unpaired) electrons. The molecule has 8 rings (SSSR count). The summed E-state index contributed by atoms with van der Waals surface area (Å²) in [5.74, 6) is -1.07. The number of nitrogens with one attached hydrogen (secondary N) is 1. The molecule has 0 aliphatic carbocycles. The number of anilines is 2. The van der Waals surface area contributed by atoms with Crippen LogP contribution in [0.5, 0.6) is 0 Å². The smallest absolute Gasteiger partial charge is 0.357 e. The first-order valence-electron chi connectivity index (χ1n) is 16.3. The van der Waals surface area contributed by atoms with Gasteiger partial charge in [0.1, 0.15) is 0 Å². The molecule has 2 fully saturated rings. The molecule has 10 nitrogen and oxygen atoms in total. The van der Waals surface area contributed by atoms with E-state index >= 15 is 0 Å². The number of nitrogens with zero attached hydrogens (tertiary/aromatic N) is 5. The number of hydrogen-bond donors (Lipinski definition) is 2. The van der Waals surface area contributed by atoms with Gasteiger partial charge in [-0.25, -0.2) is 4.79 Å². The van der Waals surface area contributed by atoms with Gasteiger partial charge in [-0.15, -0.1) is 0 Å². The number of H-pyrrole nitrogens is 1. The summed E-state index contributed by atoms with van der Waals surface area (Å²) in [5.41, 5.74) is 7.95. The zero-order valence-corrected chi connectivity index (χ0v) is 28.5. The van der Waals surface area contributed by atoms with Gasteiger partial charge in [-0.1, -0.05) is 47.5 Å². The van der Waals surface area contributed by atoms with E-state index in [0.29, 0.717) is 15.9 Å². The monoisotopic (exact) mass is 698 g/mol. The highest BCUT2D eigenvalue weighted by Gasteiger charge is 2.17. The van der Waals surface area contributed by atoms with Crippen LogP contribution in [-0.4, -0.2) is 83.7 Å². The SMILES string of the molecule is CCn1ncc2cc(-c3ccc(N4CCOCC4)cc3)c(Cl)cc21.O=C(O)c1n[nH]c2cc(Cl)c(-c3ccc(N4CCOCC4)cc3)cc12. The Balaban J connectivity index is 0.000000154. The number of aromatic nitrogens is 4. The minimum atomic E-state index is -1.07. The number of aryl methyl sites for hydroxylation is 1. The lowest BCUT2D eigenvalue weighted by Crippen LogP contribution is -2.36. The number of rotatable bonds is 6. The Hall–Kier alpha value is -4.61. The van der Waals surface area contributed by atoms with Crippen LogP contribution in [-0.2, 0) is 16.0 Å². The second-order valence-electron chi connectivity index (χ2n) is 11.9. The lowest BCUT2D eigenvalue weighted by atomic mass is 10.0. The maximum absolute atomic E-state index is 11.3. The normalized spacial score (nSPS) is 15.0. The number of aromatic amines is 1. The van der Waals surface area contributed by atoms with Crippen molar-refractivity contribution < 1.29 is 19.4 Å². The summed E-state index contributed by atoms with van der Waals surface area (Å²) in [6.45, 7) is 9.64. The molecule has 2 saturated heterocycles. The fourth-order valence-electron chi connectivity index (χ4n) is 6.34. The fourth-order valence-corrected chi connectivity index (χ4v) is 6.88. The molecular formula is C37H36Cl2N6O4. The van der Waals surface area contributed by atoms with Gasteiger partial charge in [-0.2, -0.15) is 10.2 Å². The van der Waals surface area contributed by atoms with Gasteiger partial charge in [0, 0.05) is 66.0 Å². The van der Waals surface area contributed by atoms with Gasteiger partial charge in [0.05, 0.1) is 53.7 Å². The molecule has 0 saturated carbocycles. The lowest BCUT2D eigenvalue weighted by molar-refractivity contribution is 0.0692. The number of benzene rings is 4. The summed E-state index contributed by atoms with van der Waals surface area (Å²) >= 11 is 12.9.